The zero-order valence-electron chi connectivity index (χ0n) is 7.80. The van der Waals surface area contributed by atoms with Crippen LogP contribution in [0.5, 0.6) is 0 Å². The van der Waals surface area contributed by atoms with Crippen LogP contribution in [0.25, 0.3) is 0 Å². The molecule has 0 aliphatic heterocycles. The van der Waals surface area contributed by atoms with Crippen molar-refractivity contribution in [2.45, 2.75) is 0 Å². The highest BCUT2D eigenvalue weighted by molar-refractivity contribution is 5.62. The Morgan fingerprint density at radius 1 is 1.50 bits per heavy atom. The van der Waals surface area contributed by atoms with Crippen LogP contribution >= 0.6 is 0 Å². The molecule has 2 N–H and O–H groups in total. The van der Waals surface area contributed by atoms with E-state index in [9.17, 15) is 0 Å². The van der Waals surface area contributed by atoms with Crippen LogP contribution in [0.3, 0.4) is 0 Å². The monoisotopic (exact) mass is 190 g/mol. The van der Waals surface area contributed by atoms with Gasteiger partial charge < -0.3 is 10.6 Å². The van der Waals surface area contributed by atoms with Crippen molar-refractivity contribution in [2.75, 3.05) is 23.7 Å². The summed E-state index contributed by atoms with van der Waals surface area (Å²) in [6.07, 6.45) is 1.64. The largest absolute Gasteiger partial charge is 0.394 e. The SMILES string of the molecule is Cn1cc(N)c(N(CC#N)CC#N)n1. The second-order valence-electron chi connectivity index (χ2n) is 2.75. The van der Waals surface area contributed by atoms with Crippen molar-refractivity contribution >= 4 is 11.5 Å². The lowest BCUT2D eigenvalue weighted by molar-refractivity contribution is 0.755. The average molecular weight is 190 g/mol. The van der Waals surface area contributed by atoms with E-state index in [0.717, 1.165) is 0 Å². The van der Waals surface area contributed by atoms with Crippen LogP contribution in [-0.2, 0) is 7.05 Å². The Kier molecular flexibility index (Phi) is 2.93. The van der Waals surface area contributed by atoms with Gasteiger partial charge >= 0.3 is 0 Å². The average Bonchev–Trinajstić information content (AvgIpc) is 2.45. The van der Waals surface area contributed by atoms with Gasteiger partial charge in [-0.1, -0.05) is 0 Å². The molecule has 1 rings (SSSR count). The Hall–Kier alpha value is -2.21. The second-order valence-corrected chi connectivity index (χ2v) is 2.75. The maximum absolute atomic E-state index is 8.55. The molecule has 6 nitrogen and oxygen atoms in total. The lowest BCUT2D eigenvalue weighted by Crippen LogP contribution is -2.25. The molecule has 0 saturated carbocycles. The van der Waals surface area contributed by atoms with Crippen LogP contribution in [0.2, 0.25) is 0 Å². The van der Waals surface area contributed by atoms with Gasteiger partial charge in [0.25, 0.3) is 0 Å². The number of rotatable bonds is 3. The second kappa shape index (κ2) is 4.15. The first-order valence-electron chi connectivity index (χ1n) is 3.97. The Morgan fingerprint density at radius 2 is 2.07 bits per heavy atom. The highest BCUT2D eigenvalue weighted by Crippen LogP contribution is 2.19. The van der Waals surface area contributed by atoms with Crippen molar-refractivity contribution < 1.29 is 0 Å². The lowest BCUT2D eigenvalue weighted by Gasteiger charge is -2.14. The maximum atomic E-state index is 8.55. The number of aryl methyl sites for hydroxylation is 1. The molecule has 0 bridgehead atoms. The summed E-state index contributed by atoms with van der Waals surface area (Å²) in [7, 11) is 1.73. The van der Waals surface area contributed by atoms with Gasteiger partial charge in [-0.25, -0.2) is 0 Å². The Labute approximate surface area is 81.7 Å². The van der Waals surface area contributed by atoms with E-state index in [-0.39, 0.29) is 13.1 Å². The fourth-order valence-electron chi connectivity index (χ4n) is 1.12. The number of aromatic nitrogens is 2. The van der Waals surface area contributed by atoms with Crippen LogP contribution in [0, 0.1) is 22.7 Å². The zero-order valence-corrected chi connectivity index (χ0v) is 7.80. The summed E-state index contributed by atoms with van der Waals surface area (Å²) in [5.74, 6) is 0.482. The van der Waals surface area contributed by atoms with Gasteiger partial charge in [0.15, 0.2) is 5.82 Å². The Bertz CT molecular complexity index is 377. The molecule has 0 unspecified atom stereocenters. The minimum absolute atomic E-state index is 0.106. The van der Waals surface area contributed by atoms with E-state index in [0.29, 0.717) is 11.5 Å². The van der Waals surface area contributed by atoms with Gasteiger partial charge in [-0.15, -0.1) is 0 Å². The van der Waals surface area contributed by atoms with E-state index < -0.39 is 0 Å². The summed E-state index contributed by atoms with van der Waals surface area (Å²) in [4.78, 5) is 1.52. The fourth-order valence-corrected chi connectivity index (χ4v) is 1.12. The summed E-state index contributed by atoms with van der Waals surface area (Å²) in [5, 5.41) is 21.2. The molecule has 72 valence electrons. The normalized spacial score (nSPS) is 9.07. The molecule has 0 atom stereocenters. The maximum Gasteiger partial charge on any atom is 0.175 e. The van der Waals surface area contributed by atoms with Crippen LogP contribution in [0.4, 0.5) is 11.5 Å². The Balaban J connectivity index is 2.94. The summed E-state index contributed by atoms with van der Waals surface area (Å²) >= 11 is 0. The van der Waals surface area contributed by atoms with E-state index in [1.807, 2.05) is 12.1 Å². The predicted molar refractivity (Wildman–Crippen MR) is 51.1 cm³/mol. The van der Waals surface area contributed by atoms with Gasteiger partial charge in [-0.2, -0.15) is 15.6 Å². The molecule has 1 heterocycles. The molecule has 1 aromatic rings. The van der Waals surface area contributed by atoms with Crippen LogP contribution < -0.4 is 10.6 Å². The quantitative estimate of drug-likeness (QED) is 0.669. The highest BCUT2D eigenvalue weighted by Gasteiger charge is 2.12. The summed E-state index contributed by atoms with van der Waals surface area (Å²) < 4.78 is 1.55. The molecule has 0 amide bonds. The molecule has 6 heteroatoms. The van der Waals surface area contributed by atoms with Crippen molar-refractivity contribution in [2.24, 2.45) is 7.05 Å². The lowest BCUT2D eigenvalue weighted by atomic mass is 10.4. The number of nitriles is 2. The van der Waals surface area contributed by atoms with Crippen LogP contribution in [0.1, 0.15) is 0 Å². The molecule has 0 saturated heterocycles. The Morgan fingerprint density at radius 3 is 2.43 bits per heavy atom. The topological polar surface area (TPSA) is 94.7 Å². The number of hydrogen-bond acceptors (Lipinski definition) is 5. The minimum Gasteiger partial charge on any atom is -0.394 e. The molecular weight excluding hydrogens is 180 g/mol. The molecule has 0 aliphatic rings. The molecule has 0 aliphatic carbocycles. The van der Waals surface area contributed by atoms with E-state index in [1.54, 1.807) is 17.9 Å². The fraction of sp³-hybridized carbons (Fsp3) is 0.375. The van der Waals surface area contributed by atoms with E-state index >= 15 is 0 Å². The van der Waals surface area contributed by atoms with Gasteiger partial charge in [0.1, 0.15) is 13.1 Å². The third-order valence-electron chi connectivity index (χ3n) is 1.66. The van der Waals surface area contributed by atoms with Gasteiger partial charge in [-0.3, -0.25) is 4.68 Å². The molecule has 0 radical (unpaired) electrons. The first-order chi connectivity index (χ1) is 6.69. The molecule has 0 fully saturated rings. The summed E-state index contributed by atoms with van der Waals surface area (Å²) in [6.45, 7) is 0.212. The highest BCUT2D eigenvalue weighted by atomic mass is 15.3. The molecule has 0 spiro atoms. The van der Waals surface area contributed by atoms with Crippen molar-refractivity contribution in [1.82, 2.24) is 9.78 Å². The summed E-state index contributed by atoms with van der Waals surface area (Å²) in [6, 6.07) is 3.92. The van der Waals surface area contributed by atoms with Crippen molar-refractivity contribution in [1.29, 1.82) is 10.5 Å². The molecule has 14 heavy (non-hydrogen) atoms. The first-order valence-corrected chi connectivity index (χ1v) is 3.97. The van der Waals surface area contributed by atoms with Crippen molar-refractivity contribution in [3.63, 3.8) is 0 Å². The third kappa shape index (κ3) is 1.93. The van der Waals surface area contributed by atoms with Gasteiger partial charge in [0.2, 0.25) is 0 Å². The van der Waals surface area contributed by atoms with Gasteiger partial charge in [0, 0.05) is 13.2 Å². The van der Waals surface area contributed by atoms with E-state index in [1.165, 1.54) is 4.90 Å². The minimum atomic E-state index is 0.106. The number of nitrogens with zero attached hydrogens (tertiary/aromatic N) is 5. The number of hydrogen-bond donors (Lipinski definition) is 1. The zero-order chi connectivity index (χ0) is 10.6. The van der Waals surface area contributed by atoms with Crippen LogP contribution in [0.15, 0.2) is 6.20 Å². The standard InChI is InChI=1S/C8H10N6/c1-13-6-7(11)8(12-13)14(4-2-9)5-3-10/h6H,4-5,11H2,1H3. The smallest absolute Gasteiger partial charge is 0.175 e. The summed E-state index contributed by atoms with van der Waals surface area (Å²) in [5.41, 5.74) is 6.13. The molecule has 1 aromatic heterocycles. The number of nitrogen functional groups attached to an aromatic ring is 1. The number of nitrogens with two attached hydrogens (primary N) is 1. The molecule has 0 aromatic carbocycles. The van der Waals surface area contributed by atoms with Crippen LogP contribution in [-0.4, -0.2) is 22.9 Å². The predicted octanol–water partition coefficient (Wildman–Crippen LogP) is -0.144. The van der Waals surface area contributed by atoms with Gasteiger partial charge in [-0.05, 0) is 0 Å². The van der Waals surface area contributed by atoms with Crippen molar-refractivity contribution in [3.05, 3.63) is 6.20 Å². The van der Waals surface area contributed by atoms with E-state index in [4.69, 9.17) is 16.3 Å². The number of anilines is 2. The third-order valence-corrected chi connectivity index (χ3v) is 1.66. The van der Waals surface area contributed by atoms with Crippen molar-refractivity contribution in [3.8, 4) is 12.1 Å². The first kappa shape index (κ1) is 9.87. The molecular formula is C8H10N6. The van der Waals surface area contributed by atoms with Gasteiger partial charge in [0.05, 0.1) is 17.8 Å². The van der Waals surface area contributed by atoms with E-state index in [2.05, 4.69) is 5.10 Å².